The van der Waals surface area contributed by atoms with Crippen molar-refractivity contribution in [2.45, 2.75) is 12.1 Å². The molecule has 4 rings (SSSR count). The number of sulfonamides is 1. The molecule has 35 heavy (non-hydrogen) atoms. The van der Waals surface area contributed by atoms with Gasteiger partial charge in [0.1, 0.15) is 10.8 Å². The first-order valence-corrected chi connectivity index (χ1v) is 13.8. The molecule has 0 aliphatic carbocycles. The molecule has 0 saturated heterocycles. The zero-order valence-corrected chi connectivity index (χ0v) is 21.4. The van der Waals surface area contributed by atoms with Crippen LogP contribution in [0, 0.1) is 6.92 Å². The molecule has 0 spiro atoms. The first-order valence-electron chi connectivity index (χ1n) is 10.1. The molecule has 0 fully saturated rings. The van der Waals surface area contributed by atoms with Crippen LogP contribution in [0.15, 0.2) is 53.7 Å². The molecule has 11 nitrogen and oxygen atoms in total. The molecular formula is C21H21N7O4S3. The van der Waals surface area contributed by atoms with Crippen LogP contribution in [0.25, 0.3) is 17.1 Å². The van der Waals surface area contributed by atoms with Crippen LogP contribution in [-0.4, -0.2) is 58.4 Å². The van der Waals surface area contributed by atoms with Gasteiger partial charge in [-0.1, -0.05) is 23.1 Å². The molecule has 2 N–H and O–H groups in total. The highest BCUT2D eigenvalue weighted by molar-refractivity contribution is 7.99. The largest absolute Gasteiger partial charge is 0.497 e. The van der Waals surface area contributed by atoms with Crippen molar-refractivity contribution < 1.29 is 17.9 Å². The highest BCUT2D eigenvalue weighted by Gasteiger charge is 2.18. The van der Waals surface area contributed by atoms with Crippen LogP contribution in [0.2, 0.25) is 0 Å². The van der Waals surface area contributed by atoms with Crippen molar-refractivity contribution in [3.8, 4) is 22.8 Å². The lowest BCUT2D eigenvalue weighted by Crippen LogP contribution is -2.14. The summed E-state index contributed by atoms with van der Waals surface area (Å²) in [7, 11) is -1.80. The predicted octanol–water partition coefficient (Wildman–Crippen LogP) is 3.21. The van der Waals surface area contributed by atoms with Crippen molar-refractivity contribution in [3.63, 3.8) is 0 Å². The summed E-state index contributed by atoms with van der Waals surface area (Å²) in [5.41, 5.74) is 1.92. The van der Waals surface area contributed by atoms with E-state index in [1.807, 2.05) is 35.8 Å². The number of aromatic nitrogens is 5. The van der Waals surface area contributed by atoms with E-state index in [0.717, 1.165) is 17.0 Å². The summed E-state index contributed by atoms with van der Waals surface area (Å²) in [6, 6.07) is 14.1. The first-order chi connectivity index (χ1) is 16.7. The number of methoxy groups -OCH3 is 1. The van der Waals surface area contributed by atoms with E-state index in [1.165, 1.54) is 23.1 Å². The van der Waals surface area contributed by atoms with E-state index in [-0.39, 0.29) is 11.7 Å². The fourth-order valence-corrected chi connectivity index (χ4v) is 4.97. The normalized spacial score (nSPS) is 11.3. The maximum Gasteiger partial charge on any atom is 0.236 e. The Balaban J connectivity index is 1.62. The Morgan fingerprint density at radius 2 is 1.77 bits per heavy atom. The van der Waals surface area contributed by atoms with Crippen LogP contribution in [0.4, 0.5) is 10.8 Å². The number of anilines is 2. The van der Waals surface area contributed by atoms with Gasteiger partial charge in [0.2, 0.25) is 21.1 Å². The summed E-state index contributed by atoms with van der Waals surface area (Å²) in [5, 5.41) is 20.9. The molecule has 2 aromatic heterocycles. The van der Waals surface area contributed by atoms with Gasteiger partial charge in [-0.25, -0.2) is 8.42 Å². The molecule has 1 amide bonds. The molecule has 4 aromatic rings. The molecule has 0 aliphatic rings. The van der Waals surface area contributed by atoms with Gasteiger partial charge in [-0.15, -0.1) is 20.4 Å². The molecule has 2 heterocycles. The van der Waals surface area contributed by atoms with Crippen molar-refractivity contribution in [2.75, 3.05) is 29.2 Å². The summed E-state index contributed by atoms with van der Waals surface area (Å²) in [6.07, 6.45) is 1.09. The third kappa shape index (κ3) is 6.35. The molecule has 14 heteroatoms. The molecule has 0 radical (unpaired) electrons. The number of rotatable bonds is 9. The van der Waals surface area contributed by atoms with Gasteiger partial charge in [-0.2, -0.15) is 0 Å². The van der Waals surface area contributed by atoms with E-state index >= 15 is 0 Å². The number of carbonyl (C=O) groups is 1. The Labute approximate surface area is 210 Å². The van der Waals surface area contributed by atoms with Gasteiger partial charge in [-0.3, -0.25) is 19.4 Å². The van der Waals surface area contributed by atoms with Crippen LogP contribution in [0.1, 0.15) is 5.01 Å². The topological polar surface area (TPSA) is 141 Å². The second kappa shape index (κ2) is 10.4. The highest BCUT2D eigenvalue weighted by Crippen LogP contribution is 2.30. The zero-order valence-electron chi connectivity index (χ0n) is 18.9. The van der Waals surface area contributed by atoms with Crippen molar-refractivity contribution in [1.82, 2.24) is 25.0 Å². The third-order valence-corrected chi connectivity index (χ3v) is 6.80. The van der Waals surface area contributed by atoms with Gasteiger partial charge in [-0.05, 0) is 55.5 Å². The number of aryl methyl sites for hydroxylation is 1. The van der Waals surface area contributed by atoms with E-state index in [0.29, 0.717) is 33.1 Å². The van der Waals surface area contributed by atoms with Crippen LogP contribution in [0.5, 0.6) is 5.75 Å². The Hall–Kier alpha value is -3.49. The van der Waals surface area contributed by atoms with Gasteiger partial charge >= 0.3 is 0 Å². The molecule has 2 aromatic carbocycles. The van der Waals surface area contributed by atoms with E-state index in [2.05, 4.69) is 30.4 Å². The lowest BCUT2D eigenvalue weighted by Gasteiger charge is -2.11. The molecule has 182 valence electrons. The monoisotopic (exact) mass is 531 g/mol. The summed E-state index contributed by atoms with van der Waals surface area (Å²) in [6.45, 7) is 1.81. The maximum absolute atomic E-state index is 12.4. The van der Waals surface area contributed by atoms with Crippen molar-refractivity contribution in [1.29, 1.82) is 0 Å². The molecule has 0 atom stereocenters. The number of amides is 1. The average molecular weight is 532 g/mol. The lowest BCUT2D eigenvalue weighted by atomic mass is 10.2. The second-order valence-corrected chi connectivity index (χ2v) is 11.1. The van der Waals surface area contributed by atoms with Crippen molar-refractivity contribution in [3.05, 3.63) is 53.5 Å². The SMILES string of the molecule is COc1ccc(-n2c(SCC(=O)Nc3nnc(C)s3)nnc2-c2ccc(NS(C)(=O)=O)cc2)cc1. The Kier molecular flexibility index (Phi) is 7.33. The minimum absolute atomic E-state index is 0.0874. The Morgan fingerprint density at radius 1 is 1.06 bits per heavy atom. The quantitative estimate of drug-likeness (QED) is 0.311. The minimum Gasteiger partial charge on any atom is -0.497 e. The number of nitrogens with zero attached hydrogens (tertiary/aromatic N) is 5. The summed E-state index contributed by atoms with van der Waals surface area (Å²) < 4.78 is 32.5. The van der Waals surface area contributed by atoms with Gasteiger partial charge in [0, 0.05) is 16.9 Å². The van der Waals surface area contributed by atoms with Crippen LogP contribution in [-0.2, 0) is 14.8 Å². The number of hydrogen-bond donors (Lipinski definition) is 2. The lowest BCUT2D eigenvalue weighted by molar-refractivity contribution is -0.113. The number of nitrogens with one attached hydrogen (secondary N) is 2. The second-order valence-electron chi connectivity index (χ2n) is 7.25. The number of ether oxygens (including phenoxy) is 1. The molecular weight excluding hydrogens is 510 g/mol. The maximum atomic E-state index is 12.4. The van der Waals surface area contributed by atoms with Crippen LogP contribution in [0.3, 0.4) is 0 Å². The van der Waals surface area contributed by atoms with E-state index in [1.54, 1.807) is 31.4 Å². The van der Waals surface area contributed by atoms with E-state index in [4.69, 9.17) is 4.74 Å². The van der Waals surface area contributed by atoms with Gasteiger partial charge in [0.05, 0.1) is 19.1 Å². The van der Waals surface area contributed by atoms with E-state index in [9.17, 15) is 13.2 Å². The van der Waals surface area contributed by atoms with Crippen LogP contribution < -0.4 is 14.8 Å². The smallest absolute Gasteiger partial charge is 0.236 e. The number of carbonyl (C=O) groups excluding carboxylic acids is 1. The Morgan fingerprint density at radius 3 is 2.37 bits per heavy atom. The fourth-order valence-electron chi connectivity index (χ4n) is 3.05. The number of hydrogen-bond acceptors (Lipinski definition) is 10. The average Bonchev–Trinajstić information content (AvgIpc) is 3.43. The summed E-state index contributed by atoms with van der Waals surface area (Å²) >= 11 is 2.52. The summed E-state index contributed by atoms with van der Waals surface area (Å²) in [5.74, 6) is 1.07. The third-order valence-electron chi connectivity index (χ3n) is 4.52. The predicted molar refractivity (Wildman–Crippen MR) is 136 cm³/mol. The summed E-state index contributed by atoms with van der Waals surface area (Å²) in [4.78, 5) is 12.4. The number of thioether (sulfide) groups is 1. The fraction of sp³-hybridized carbons (Fsp3) is 0.190. The van der Waals surface area contributed by atoms with Crippen molar-refractivity contribution in [2.24, 2.45) is 0 Å². The van der Waals surface area contributed by atoms with Gasteiger partial charge in [0.25, 0.3) is 0 Å². The number of benzene rings is 2. The van der Waals surface area contributed by atoms with Crippen LogP contribution >= 0.6 is 23.1 Å². The van der Waals surface area contributed by atoms with Gasteiger partial charge < -0.3 is 4.74 Å². The molecule has 0 saturated carbocycles. The zero-order chi connectivity index (χ0) is 25.0. The van der Waals surface area contributed by atoms with Gasteiger partial charge in [0.15, 0.2) is 11.0 Å². The molecule has 0 unspecified atom stereocenters. The molecule has 0 aliphatic heterocycles. The minimum atomic E-state index is -3.39. The first kappa shape index (κ1) is 24.6. The van der Waals surface area contributed by atoms with E-state index < -0.39 is 10.0 Å². The highest BCUT2D eigenvalue weighted by atomic mass is 32.2. The molecule has 0 bridgehead atoms. The van der Waals surface area contributed by atoms with Crippen molar-refractivity contribution >= 4 is 49.8 Å². The standard InChI is InChI=1S/C21H21N7O4S3/c1-13-23-25-20(34-13)22-18(29)12-33-21-26-24-19(28(21)16-8-10-17(32-2)11-9-16)14-4-6-15(7-5-14)27-35(3,30)31/h4-11,27H,12H2,1-3H3,(H,22,25,29). The Bertz CT molecular complexity index is 1430.